The molecule has 2 aromatic heterocycles. The van der Waals surface area contributed by atoms with E-state index in [0.717, 1.165) is 5.56 Å². The molecule has 0 saturated heterocycles. The summed E-state index contributed by atoms with van der Waals surface area (Å²) in [4.78, 5) is 16.2. The molecule has 3 aromatic rings. The maximum absolute atomic E-state index is 5.78. The van der Waals surface area contributed by atoms with Crippen LogP contribution in [0.2, 0.25) is 5.15 Å². The van der Waals surface area contributed by atoms with E-state index in [9.17, 15) is 0 Å². The molecule has 0 unspecified atom stereocenters. The van der Waals surface area contributed by atoms with Gasteiger partial charge in [0.2, 0.25) is 11.8 Å². The smallest absolute Gasteiger partial charge is 0.225 e. The molecule has 1 aromatic carbocycles. The summed E-state index contributed by atoms with van der Waals surface area (Å²) in [5.74, 6) is 1.33. The van der Waals surface area contributed by atoms with Crippen LogP contribution in [-0.2, 0) is 0 Å². The molecule has 0 amide bonds. The number of benzene rings is 1. The Labute approximate surface area is 125 Å². The number of hydrogen-bond donors (Lipinski definition) is 1. The zero-order chi connectivity index (χ0) is 14.7. The predicted octanol–water partition coefficient (Wildman–Crippen LogP) is 2.96. The number of nitrogens with two attached hydrogens (primary N) is 1. The molecular formula is C14H10ClN5O. The minimum absolute atomic E-state index is 0.0410. The summed E-state index contributed by atoms with van der Waals surface area (Å²) in [5.41, 5.74) is 6.42. The average Bonchev–Trinajstić information content (AvgIpc) is 2.48. The second-order valence-electron chi connectivity index (χ2n) is 4.10. The lowest BCUT2D eigenvalue weighted by atomic mass is 10.2. The summed E-state index contributed by atoms with van der Waals surface area (Å²) in [7, 11) is 0. The van der Waals surface area contributed by atoms with Crippen LogP contribution in [0.4, 0.5) is 5.95 Å². The minimum atomic E-state index is 0.0410. The molecule has 3 rings (SSSR count). The number of nitrogen functional groups attached to an aromatic ring is 1. The van der Waals surface area contributed by atoms with Gasteiger partial charge in [-0.25, -0.2) is 15.0 Å². The van der Waals surface area contributed by atoms with Gasteiger partial charge >= 0.3 is 0 Å². The summed E-state index contributed by atoms with van der Waals surface area (Å²) in [6.07, 6.45) is 3.11. The van der Waals surface area contributed by atoms with E-state index in [2.05, 4.69) is 19.9 Å². The lowest BCUT2D eigenvalue weighted by Crippen LogP contribution is -1.98. The second kappa shape index (κ2) is 5.72. The SMILES string of the molecule is Nc1nc(Cl)cc(Oc2cnc(-c3ccccc3)nc2)n1. The highest BCUT2D eigenvalue weighted by molar-refractivity contribution is 6.29. The van der Waals surface area contributed by atoms with Crippen LogP contribution < -0.4 is 10.5 Å². The van der Waals surface area contributed by atoms with E-state index in [1.165, 1.54) is 6.07 Å². The molecule has 6 nitrogen and oxygen atoms in total. The molecule has 0 aliphatic rings. The fourth-order valence-electron chi connectivity index (χ4n) is 1.69. The van der Waals surface area contributed by atoms with E-state index in [0.29, 0.717) is 11.6 Å². The number of anilines is 1. The van der Waals surface area contributed by atoms with Crippen molar-refractivity contribution in [3.63, 3.8) is 0 Å². The Hall–Kier alpha value is -2.73. The Bertz CT molecular complexity index is 729. The van der Waals surface area contributed by atoms with E-state index in [-0.39, 0.29) is 17.0 Å². The van der Waals surface area contributed by atoms with Crippen LogP contribution in [0.25, 0.3) is 11.4 Å². The van der Waals surface area contributed by atoms with Gasteiger partial charge in [-0.15, -0.1) is 0 Å². The molecule has 0 aliphatic carbocycles. The van der Waals surface area contributed by atoms with Gasteiger partial charge in [0.15, 0.2) is 11.6 Å². The first-order valence-electron chi connectivity index (χ1n) is 6.06. The molecule has 0 atom stereocenters. The molecule has 7 heteroatoms. The summed E-state index contributed by atoms with van der Waals surface area (Å²) in [5, 5.41) is 0.208. The van der Waals surface area contributed by atoms with Crippen molar-refractivity contribution in [2.24, 2.45) is 0 Å². The molecule has 2 N–H and O–H groups in total. The molecule has 0 radical (unpaired) electrons. The Morgan fingerprint density at radius 1 is 1.00 bits per heavy atom. The summed E-state index contributed by atoms with van der Waals surface area (Å²) in [6, 6.07) is 11.1. The number of aromatic nitrogens is 4. The maximum Gasteiger partial charge on any atom is 0.225 e. The fraction of sp³-hybridized carbons (Fsp3) is 0. The largest absolute Gasteiger partial charge is 0.436 e. The monoisotopic (exact) mass is 299 g/mol. The number of hydrogen-bond acceptors (Lipinski definition) is 6. The van der Waals surface area contributed by atoms with Crippen LogP contribution in [0.3, 0.4) is 0 Å². The van der Waals surface area contributed by atoms with E-state index in [1.807, 2.05) is 30.3 Å². The van der Waals surface area contributed by atoms with Crippen LogP contribution in [0.5, 0.6) is 11.6 Å². The molecule has 0 saturated carbocycles. The molecule has 0 bridgehead atoms. The van der Waals surface area contributed by atoms with Crippen LogP contribution in [0.15, 0.2) is 48.8 Å². The molecular weight excluding hydrogens is 290 g/mol. The fourth-order valence-corrected chi connectivity index (χ4v) is 1.87. The standard InChI is InChI=1S/C14H10ClN5O/c15-11-6-12(20-14(16)19-11)21-10-7-17-13(18-8-10)9-4-2-1-3-5-9/h1-8H,(H2,16,19,20). The highest BCUT2D eigenvalue weighted by atomic mass is 35.5. The highest BCUT2D eigenvalue weighted by Gasteiger charge is 2.05. The van der Waals surface area contributed by atoms with Crippen molar-refractivity contribution in [3.05, 3.63) is 53.9 Å². The van der Waals surface area contributed by atoms with Crippen molar-refractivity contribution < 1.29 is 4.74 Å². The van der Waals surface area contributed by atoms with Gasteiger partial charge in [0.25, 0.3) is 0 Å². The van der Waals surface area contributed by atoms with E-state index >= 15 is 0 Å². The van der Waals surface area contributed by atoms with Crippen molar-refractivity contribution in [1.82, 2.24) is 19.9 Å². The Kier molecular flexibility index (Phi) is 3.61. The summed E-state index contributed by atoms with van der Waals surface area (Å²) >= 11 is 5.78. The van der Waals surface area contributed by atoms with Gasteiger partial charge in [-0.1, -0.05) is 41.9 Å². The van der Waals surface area contributed by atoms with Crippen molar-refractivity contribution in [1.29, 1.82) is 0 Å². The molecule has 104 valence electrons. The van der Waals surface area contributed by atoms with E-state index in [1.54, 1.807) is 12.4 Å². The van der Waals surface area contributed by atoms with Gasteiger partial charge < -0.3 is 10.5 Å². The van der Waals surface area contributed by atoms with Crippen LogP contribution in [-0.4, -0.2) is 19.9 Å². The third kappa shape index (κ3) is 3.24. The van der Waals surface area contributed by atoms with Crippen molar-refractivity contribution >= 4 is 17.5 Å². The number of nitrogens with zero attached hydrogens (tertiary/aromatic N) is 4. The third-order valence-electron chi connectivity index (χ3n) is 2.57. The number of ether oxygens (including phenoxy) is 1. The first-order valence-corrected chi connectivity index (χ1v) is 6.44. The molecule has 21 heavy (non-hydrogen) atoms. The first kappa shape index (κ1) is 13.3. The quantitative estimate of drug-likeness (QED) is 0.748. The maximum atomic E-state index is 5.78. The van der Waals surface area contributed by atoms with Gasteiger partial charge in [0, 0.05) is 11.6 Å². The summed E-state index contributed by atoms with van der Waals surface area (Å²) < 4.78 is 5.49. The topological polar surface area (TPSA) is 86.8 Å². The van der Waals surface area contributed by atoms with Gasteiger partial charge in [-0.05, 0) is 0 Å². The number of halogens is 1. The summed E-state index contributed by atoms with van der Waals surface area (Å²) in [6.45, 7) is 0. The van der Waals surface area contributed by atoms with Crippen LogP contribution in [0.1, 0.15) is 0 Å². The van der Waals surface area contributed by atoms with Gasteiger partial charge in [0.1, 0.15) is 5.15 Å². The Morgan fingerprint density at radius 2 is 1.71 bits per heavy atom. The molecule has 0 aliphatic heterocycles. The molecule has 0 spiro atoms. The predicted molar refractivity (Wildman–Crippen MR) is 79.0 cm³/mol. The second-order valence-corrected chi connectivity index (χ2v) is 4.48. The van der Waals surface area contributed by atoms with E-state index < -0.39 is 0 Å². The molecule has 0 fully saturated rings. The van der Waals surface area contributed by atoms with Crippen molar-refractivity contribution in [3.8, 4) is 23.0 Å². The molecule has 2 heterocycles. The highest BCUT2D eigenvalue weighted by Crippen LogP contribution is 2.22. The number of rotatable bonds is 3. The van der Waals surface area contributed by atoms with Crippen LogP contribution >= 0.6 is 11.6 Å². The first-order chi connectivity index (χ1) is 10.2. The normalized spacial score (nSPS) is 10.3. The lowest BCUT2D eigenvalue weighted by molar-refractivity contribution is 0.458. The van der Waals surface area contributed by atoms with Gasteiger partial charge in [-0.3, -0.25) is 0 Å². The van der Waals surface area contributed by atoms with Gasteiger partial charge in [-0.2, -0.15) is 4.98 Å². The van der Waals surface area contributed by atoms with Crippen LogP contribution in [0, 0.1) is 0 Å². The lowest BCUT2D eigenvalue weighted by Gasteiger charge is -2.05. The van der Waals surface area contributed by atoms with E-state index in [4.69, 9.17) is 22.1 Å². The van der Waals surface area contributed by atoms with Gasteiger partial charge in [0.05, 0.1) is 12.4 Å². The van der Waals surface area contributed by atoms with Crippen molar-refractivity contribution in [2.45, 2.75) is 0 Å². The Morgan fingerprint density at radius 3 is 2.38 bits per heavy atom. The van der Waals surface area contributed by atoms with Crippen molar-refractivity contribution in [2.75, 3.05) is 5.73 Å². The third-order valence-corrected chi connectivity index (χ3v) is 2.76. The Balaban J connectivity index is 1.81. The minimum Gasteiger partial charge on any atom is -0.436 e. The zero-order valence-electron chi connectivity index (χ0n) is 10.8. The zero-order valence-corrected chi connectivity index (χ0v) is 11.5. The average molecular weight is 300 g/mol.